The third-order valence-corrected chi connectivity index (χ3v) is 14.0. The molecule has 48 heavy (non-hydrogen) atoms. The van der Waals surface area contributed by atoms with E-state index < -0.39 is 0 Å². The molecule has 1 fully saturated rings. The molecule has 2 aliphatic heterocycles. The second-order valence-electron chi connectivity index (χ2n) is 14.3. The molecule has 2 heterocycles. The Labute approximate surface area is 285 Å². The number of fused-ring (bicyclic) bond motifs is 12. The molecule has 3 aromatic carbocycles. The highest BCUT2D eigenvalue weighted by atomic mass is 32.2. The third-order valence-electron chi connectivity index (χ3n) is 12.3. The summed E-state index contributed by atoms with van der Waals surface area (Å²) in [6, 6.07) is 26.0. The van der Waals surface area contributed by atoms with Crippen LogP contribution in [0.25, 0.3) is 11.1 Å². The Morgan fingerprint density at radius 1 is 0.938 bits per heavy atom. The van der Waals surface area contributed by atoms with Crippen molar-refractivity contribution in [3.63, 3.8) is 0 Å². The van der Waals surface area contributed by atoms with Gasteiger partial charge >= 0.3 is 0 Å². The van der Waals surface area contributed by atoms with Crippen LogP contribution in [0.5, 0.6) is 0 Å². The van der Waals surface area contributed by atoms with Gasteiger partial charge in [0.25, 0.3) is 0 Å². The second-order valence-corrected chi connectivity index (χ2v) is 15.6. The van der Waals surface area contributed by atoms with Crippen LogP contribution in [0.15, 0.2) is 160 Å². The van der Waals surface area contributed by atoms with Crippen molar-refractivity contribution in [3.05, 3.63) is 184 Å². The maximum atomic E-state index is 5.98. The Morgan fingerprint density at radius 3 is 2.71 bits per heavy atom. The van der Waals surface area contributed by atoms with Gasteiger partial charge in [0.1, 0.15) is 5.84 Å². The van der Waals surface area contributed by atoms with Gasteiger partial charge in [-0.05, 0) is 93.4 Å². The molecule has 0 saturated heterocycles. The molecule has 0 aromatic heterocycles. The average Bonchev–Trinajstić information content (AvgIpc) is 3.50. The molecule has 3 N–H and O–H groups in total. The molecular weight excluding hydrogens is 603 g/mol. The Hall–Kier alpha value is -4.80. The molecule has 4 heteroatoms. The zero-order valence-corrected chi connectivity index (χ0v) is 27.5. The van der Waals surface area contributed by atoms with Crippen LogP contribution in [0.2, 0.25) is 0 Å². The zero-order chi connectivity index (χ0) is 31.8. The average molecular weight is 638 g/mol. The van der Waals surface area contributed by atoms with Crippen molar-refractivity contribution in [2.45, 2.75) is 46.4 Å². The van der Waals surface area contributed by atoms with Crippen LogP contribution in [0, 0.1) is 11.8 Å². The molecule has 0 radical (unpaired) electrons. The lowest BCUT2D eigenvalue weighted by Gasteiger charge is -2.37. The second kappa shape index (κ2) is 9.42. The molecule has 0 amide bonds. The highest BCUT2D eigenvalue weighted by Crippen LogP contribution is 2.82. The van der Waals surface area contributed by atoms with E-state index in [2.05, 4.69) is 151 Å². The minimum Gasteiger partial charge on any atom is -0.405 e. The summed E-state index contributed by atoms with van der Waals surface area (Å²) in [5, 5.41) is 3.74. The van der Waals surface area contributed by atoms with E-state index in [9.17, 15) is 0 Å². The van der Waals surface area contributed by atoms with E-state index in [-0.39, 0.29) is 28.2 Å². The summed E-state index contributed by atoms with van der Waals surface area (Å²) in [7, 11) is 0. The molecule has 0 bridgehead atoms. The predicted molar refractivity (Wildman–Crippen MR) is 198 cm³/mol. The van der Waals surface area contributed by atoms with Gasteiger partial charge in [-0.2, -0.15) is 0 Å². The van der Waals surface area contributed by atoms with Crippen LogP contribution >= 0.6 is 11.8 Å². The Bertz CT molecular complexity index is 2290. The molecule has 2 spiro atoms. The van der Waals surface area contributed by atoms with Crippen molar-refractivity contribution in [1.29, 1.82) is 0 Å². The lowest BCUT2D eigenvalue weighted by Crippen LogP contribution is -2.34. The van der Waals surface area contributed by atoms with Crippen molar-refractivity contribution in [1.82, 2.24) is 5.32 Å². The van der Waals surface area contributed by atoms with Crippen LogP contribution in [0.1, 0.15) is 52.6 Å². The number of hydrogen-bond donors (Lipinski definition) is 2. The third kappa shape index (κ3) is 3.16. The normalized spacial score (nSPS) is 33.6. The lowest BCUT2D eigenvalue weighted by atomic mass is 9.65. The number of hydrogen-bond acceptors (Lipinski definition) is 4. The molecule has 11 rings (SSSR count). The summed E-state index contributed by atoms with van der Waals surface area (Å²) < 4.78 is 0.0561. The van der Waals surface area contributed by atoms with Crippen LogP contribution in [-0.2, 0) is 5.41 Å². The van der Waals surface area contributed by atoms with Gasteiger partial charge in [-0.15, -0.1) is 11.8 Å². The fraction of sp³-hybridized carbons (Fsp3) is 0.205. The molecule has 232 valence electrons. The predicted octanol–water partition coefficient (Wildman–Crippen LogP) is 8.54. The molecule has 8 aliphatic rings. The Morgan fingerprint density at radius 2 is 1.81 bits per heavy atom. The van der Waals surface area contributed by atoms with Crippen molar-refractivity contribution in [2.24, 2.45) is 22.6 Å². The number of benzene rings is 3. The molecule has 7 atom stereocenters. The maximum absolute atomic E-state index is 5.98. The Kier molecular flexibility index (Phi) is 5.33. The summed E-state index contributed by atoms with van der Waals surface area (Å²) >= 11 is 2.13. The van der Waals surface area contributed by atoms with Gasteiger partial charge in [0.2, 0.25) is 0 Å². The molecule has 3 nitrogen and oxygen atoms in total. The van der Waals surface area contributed by atoms with Gasteiger partial charge < -0.3 is 11.1 Å². The molecule has 1 saturated carbocycles. The van der Waals surface area contributed by atoms with E-state index in [0.29, 0.717) is 11.8 Å². The first-order valence-corrected chi connectivity index (χ1v) is 18.1. The van der Waals surface area contributed by atoms with Gasteiger partial charge in [-0.1, -0.05) is 109 Å². The smallest absolute Gasteiger partial charge is 0.129 e. The highest BCUT2D eigenvalue weighted by Gasteiger charge is 2.74. The fourth-order valence-corrected chi connectivity index (χ4v) is 12.2. The number of allylic oxidation sites excluding steroid dienone is 12. The minimum atomic E-state index is -0.370. The number of thioether (sulfide) groups is 1. The van der Waals surface area contributed by atoms with E-state index in [1.54, 1.807) is 11.8 Å². The van der Waals surface area contributed by atoms with Crippen molar-refractivity contribution >= 4 is 28.7 Å². The number of amidine groups is 1. The lowest BCUT2D eigenvalue weighted by molar-refractivity contribution is 0.648. The molecule has 3 aromatic rings. The number of nitrogens with zero attached hydrogens (tertiary/aromatic N) is 1. The molecule has 7 unspecified atom stereocenters. The highest BCUT2D eigenvalue weighted by molar-refractivity contribution is 8.02. The number of aliphatic imine (C=N–C) groups is 1. The largest absolute Gasteiger partial charge is 0.405 e. The van der Waals surface area contributed by atoms with Crippen molar-refractivity contribution < 1.29 is 0 Å². The van der Waals surface area contributed by atoms with E-state index >= 15 is 0 Å². The van der Waals surface area contributed by atoms with E-state index in [0.717, 1.165) is 12.3 Å². The summed E-state index contributed by atoms with van der Waals surface area (Å²) in [6.07, 6.45) is 25.5. The number of nitrogens with one attached hydrogen (secondary N) is 1. The SMILES string of the molecule is C/C=C(\C=C/N)C1C=CC2=C(C1)C1(C3=C(c4ccccc41)C14Sc5ccccc5C1C4C=C3)c1cc(C3=NC4C=CC=CC4N3)ccc12. The van der Waals surface area contributed by atoms with Gasteiger partial charge in [0.05, 0.1) is 22.2 Å². The summed E-state index contributed by atoms with van der Waals surface area (Å²) in [5.74, 6) is 2.31. The van der Waals surface area contributed by atoms with E-state index in [1.165, 1.54) is 60.6 Å². The number of nitrogens with two attached hydrogens (primary N) is 1. The summed E-state index contributed by atoms with van der Waals surface area (Å²) in [5.41, 5.74) is 21.1. The zero-order valence-electron chi connectivity index (χ0n) is 26.7. The molecular formula is C44H35N3S. The minimum absolute atomic E-state index is 0.0561. The van der Waals surface area contributed by atoms with Crippen LogP contribution in [-0.4, -0.2) is 22.7 Å². The topological polar surface area (TPSA) is 50.4 Å². The first-order chi connectivity index (χ1) is 23.7. The van der Waals surface area contributed by atoms with Crippen molar-refractivity contribution in [3.8, 4) is 0 Å². The van der Waals surface area contributed by atoms with E-state index in [1.807, 2.05) is 0 Å². The van der Waals surface area contributed by atoms with E-state index in [4.69, 9.17) is 10.7 Å². The van der Waals surface area contributed by atoms with Gasteiger partial charge in [0.15, 0.2) is 0 Å². The standard InChI is InChI=1S/C44H35N3S/c1-2-25(21-22-45)26-15-17-28-29-18-16-27(42-46-37-12-6-7-13-38(37)47-42)24-36(29)43(35(28)23-26)32-11-5-3-9-30(32)40-33(43)19-20-34-41-31-10-4-8-14-39(31)48-44(34,40)41/h2-22,24,26,34,37-38,41H,23,45H2,1H3,(H,46,47)/b22-21-,25-2+. The monoisotopic (exact) mass is 637 g/mol. The number of rotatable bonds is 3. The van der Waals surface area contributed by atoms with Gasteiger partial charge in [-0.25, -0.2) is 0 Å². The summed E-state index contributed by atoms with van der Waals surface area (Å²) in [6.45, 7) is 2.13. The van der Waals surface area contributed by atoms with Crippen LogP contribution in [0.3, 0.4) is 0 Å². The van der Waals surface area contributed by atoms with Crippen LogP contribution < -0.4 is 11.1 Å². The Balaban J connectivity index is 1.16. The maximum Gasteiger partial charge on any atom is 0.129 e. The van der Waals surface area contributed by atoms with Gasteiger partial charge in [0, 0.05) is 28.2 Å². The first kappa shape index (κ1) is 27.2. The van der Waals surface area contributed by atoms with Gasteiger partial charge in [-0.3, -0.25) is 4.99 Å². The van der Waals surface area contributed by atoms with Crippen molar-refractivity contribution in [2.75, 3.05) is 0 Å². The first-order valence-electron chi connectivity index (χ1n) is 17.3. The van der Waals surface area contributed by atoms with Crippen LogP contribution in [0.4, 0.5) is 0 Å². The summed E-state index contributed by atoms with van der Waals surface area (Å²) in [4.78, 5) is 6.63. The molecule has 6 aliphatic carbocycles. The quantitative estimate of drug-likeness (QED) is 0.283. The fourth-order valence-electron chi connectivity index (χ4n) is 10.4.